The number of phenols is 1. The molecule has 0 spiro atoms. The average Bonchev–Trinajstić information content (AvgIpc) is 3.85. The molecule has 5 heterocycles. The van der Waals surface area contributed by atoms with E-state index < -0.39 is 76.4 Å². The van der Waals surface area contributed by atoms with Gasteiger partial charge in [-0.2, -0.15) is 18.3 Å². The zero-order chi connectivity index (χ0) is 48.6. The lowest BCUT2D eigenvalue weighted by Crippen LogP contribution is -2.49. The van der Waals surface area contributed by atoms with E-state index in [1.54, 1.807) is 43.5 Å². The van der Waals surface area contributed by atoms with Gasteiger partial charge >= 0.3 is 24.2 Å². The van der Waals surface area contributed by atoms with Gasteiger partial charge in [-0.05, 0) is 98.4 Å². The van der Waals surface area contributed by atoms with Gasteiger partial charge in [-0.25, -0.2) is 19.3 Å². The van der Waals surface area contributed by atoms with Crippen molar-refractivity contribution in [1.29, 1.82) is 0 Å². The quantitative estimate of drug-likeness (QED) is 0.0848. The number of cyclic esters (lactones) is 1. The third kappa shape index (κ3) is 7.97. The van der Waals surface area contributed by atoms with Crippen molar-refractivity contribution in [2.45, 2.75) is 116 Å². The number of ketones is 1. The predicted molar refractivity (Wildman–Crippen MR) is 237 cm³/mol. The number of anilines is 1. The van der Waals surface area contributed by atoms with Crippen LogP contribution < -0.4 is 21.9 Å². The second kappa shape index (κ2) is 16.8. The molecule has 0 radical (unpaired) electrons. The summed E-state index contributed by atoms with van der Waals surface area (Å²) in [6.45, 7) is 6.40. The summed E-state index contributed by atoms with van der Waals surface area (Å²) in [5.41, 5.74) is 5.11. The standard InChI is InChI=1S/C48H48F3N7O10/c1-5-27-29-16-25(59)10-14-33(29)55-40-30(27)21-57-35(40)17-32-31(43(57)63)22-66-44(64)47(32,6-2)68-45(65)53-20-38(61)67-26-11-7-23(8-12-26)54-34-15-24(9-13-28(34)42(52)62)58-36-18-46(3,4)19-37(60)39(36)41(56-58)48(49,50)51/h9-10,13-17,23,26,54,59H,5-8,11-12,18-22H2,1-4H3,(H2,52,62)(H,53,65)/t23?,26?,47-/m0/s1. The van der Waals surface area contributed by atoms with Crippen LogP contribution >= 0.6 is 0 Å². The van der Waals surface area contributed by atoms with Gasteiger partial charge in [0, 0.05) is 34.7 Å². The number of nitrogens with zero attached hydrogens (tertiary/aromatic N) is 4. The molecule has 68 heavy (non-hydrogen) atoms. The molecule has 2 aliphatic heterocycles. The van der Waals surface area contributed by atoms with E-state index in [-0.39, 0.29) is 78.0 Å². The summed E-state index contributed by atoms with van der Waals surface area (Å²) in [5, 5.41) is 20.5. The minimum atomic E-state index is -4.88. The van der Waals surface area contributed by atoms with E-state index in [1.165, 1.54) is 24.3 Å². The molecule has 20 heteroatoms. The first kappa shape index (κ1) is 45.9. The van der Waals surface area contributed by atoms with Gasteiger partial charge in [0.2, 0.25) is 5.60 Å². The molecule has 0 bridgehead atoms. The highest BCUT2D eigenvalue weighted by Crippen LogP contribution is 2.44. The number of hydrogen-bond donors (Lipinski definition) is 4. The van der Waals surface area contributed by atoms with E-state index in [1.807, 2.05) is 6.92 Å². The number of esters is 2. The van der Waals surface area contributed by atoms with E-state index in [4.69, 9.17) is 24.9 Å². The normalized spacial score (nSPS) is 20.4. The molecule has 2 aromatic carbocycles. The molecule has 1 fully saturated rings. The Bertz CT molecular complexity index is 3040. The van der Waals surface area contributed by atoms with Crippen LogP contribution in [0.3, 0.4) is 0 Å². The summed E-state index contributed by atoms with van der Waals surface area (Å²) >= 11 is 0. The largest absolute Gasteiger partial charge is 0.508 e. The first-order valence-electron chi connectivity index (χ1n) is 22.4. The minimum Gasteiger partial charge on any atom is -0.508 e. The molecule has 1 saturated carbocycles. The van der Waals surface area contributed by atoms with Crippen LogP contribution in [0.4, 0.5) is 23.7 Å². The molecule has 3 aromatic heterocycles. The van der Waals surface area contributed by atoms with Crippen LogP contribution in [-0.2, 0) is 61.6 Å². The molecule has 1 atom stereocenters. The maximum absolute atomic E-state index is 14.1. The Kier molecular flexibility index (Phi) is 11.3. The van der Waals surface area contributed by atoms with Gasteiger partial charge in [-0.1, -0.05) is 27.7 Å². The van der Waals surface area contributed by atoms with Crippen molar-refractivity contribution in [2.24, 2.45) is 11.1 Å². The van der Waals surface area contributed by atoms with Crippen LogP contribution in [0.1, 0.15) is 121 Å². The van der Waals surface area contributed by atoms with E-state index in [2.05, 4.69) is 15.7 Å². The molecule has 17 nitrogen and oxygen atoms in total. The number of benzene rings is 2. The molecular formula is C48H48F3N7O10. The first-order valence-corrected chi connectivity index (χ1v) is 22.4. The molecular weight excluding hydrogens is 892 g/mol. The summed E-state index contributed by atoms with van der Waals surface area (Å²) in [5.74, 6) is -3.01. The molecule has 9 rings (SSSR count). The Labute approximate surface area is 386 Å². The number of fused-ring (bicyclic) bond motifs is 6. The topological polar surface area (TPSA) is 236 Å². The number of nitrogens with one attached hydrogen (secondary N) is 2. The Hall–Kier alpha value is -7.25. The lowest BCUT2D eigenvalue weighted by Gasteiger charge is -2.35. The lowest BCUT2D eigenvalue weighted by molar-refractivity contribution is -0.172. The second-order valence-electron chi connectivity index (χ2n) is 18.5. The third-order valence-electron chi connectivity index (χ3n) is 13.4. The summed E-state index contributed by atoms with van der Waals surface area (Å²) in [6, 6.07) is 10.5. The minimum absolute atomic E-state index is 0.0651. The number of alkyl carbamates (subject to hydrolysis) is 1. The number of Topliss-reactive ketones (excluding diaryl/α,β-unsaturated/α-hetero) is 1. The maximum atomic E-state index is 14.1. The monoisotopic (exact) mass is 939 g/mol. The third-order valence-corrected chi connectivity index (χ3v) is 13.4. The van der Waals surface area contributed by atoms with Crippen molar-refractivity contribution in [3.63, 3.8) is 0 Å². The van der Waals surface area contributed by atoms with Crippen molar-refractivity contribution in [3.05, 3.63) is 97.6 Å². The Morgan fingerprint density at radius 3 is 2.44 bits per heavy atom. The number of halogens is 3. The second-order valence-corrected chi connectivity index (χ2v) is 18.5. The van der Waals surface area contributed by atoms with E-state index in [9.17, 15) is 47.0 Å². The maximum Gasteiger partial charge on any atom is 0.435 e. The van der Waals surface area contributed by atoms with Gasteiger partial charge in [0.1, 0.15) is 25.0 Å². The smallest absolute Gasteiger partial charge is 0.435 e. The summed E-state index contributed by atoms with van der Waals surface area (Å²) in [6.07, 6.45) is -4.36. The average molecular weight is 940 g/mol. The summed E-state index contributed by atoms with van der Waals surface area (Å²) < 4.78 is 62.0. The van der Waals surface area contributed by atoms with Gasteiger partial charge in [0.05, 0.1) is 51.5 Å². The fourth-order valence-corrected chi connectivity index (χ4v) is 10.2. The number of nitrogens with two attached hydrogens (primary N) is 1. The van der Waals surface area contributed by atoms with Crippen LogP contribution in [0.5, 0.6) is 5.75 Å². The zero-order valence-electron chi connectivity index (χ0n) is 37.6. The number of aryl methyl sites for hydroxylation is 1. The van der Waals surface area contributed by atoms with Crippen molar-refractivity contribution in [2.75, 3.05) is 11.9 Å². The number of aromatic nitrogens is 4. The number of ether oxygens (including phenoxy) is 3. The van der Waals surface area contributed by atoms with Gasteiger partial charge < -0.3 is 40.3 Å². The van der Waals surface area contributed by atoms with E-state index in [0.717, 1.165) is 21.2 Å². The molecule has 356 valence electrons. The van der Waals surface area contributed by atoms with Crippen LogP contribution in [0.2, 0.25) is 0 Å². The van der Waals surface area contributed by atoms with Gasteiger partial charge in [0.15, 0.2) is 11.5 Å². The van der Waals surface area contributed by atoms with Crippen molar-refractivity contribution in [3.8, 4) is 22.8 Å². The van der Waals surface area contributed by atoms with Crippen molar-refractivity contribution >= 4 is 46.3 Å². The lowest BCUT2D eigenvalue weighted by atomic mass is 9.75. The number of carbonyl (C=O) groups is 5. The van der Waals surface area contributed by atoms with Crippen molar-refractivity contribution in [1.82, 2.24) is 24.6 Å². The van der Waals surface area contributed by atoms with Crippen LogP contribution in [0, 0.1) is 5.41 Å². The molecule has 2 aliphatic carbocycles. The Morgan fingerprint density at radius 1 is 1.00 bits per heavy atom. The predicted octanol–water partition coefficient (Wildman–Crippen LogP) is 6.51. The zero-order valence-corrected chi connectivity index (χ0v) is 37.6. The number of pyridine rings is 2. The van der Waals surface area contributed by atoms with Gasteiger partial charge in [-0.15, -0.1) is 0 Å². The number of carbonyl (C=O) groups excluding carboxylic acids is 5. The highest BCUT2D eigenvalue weighted by atomic mass is 19.4. The highest BCUT2D eigenvalue weighted by molar-refractivity contribution is 6.01. The molecule has 4 aliphatic rings. The number of aromatic hydroxyl groups is 1. The number of rotatable bonds is 10. The number of phenolic OH excluding ortho intramolecular Hbond substituents is 1. The fraction of sp³-hybridized carbons (Fsp3) is 0.417. The van der Waals surface area contributed by atoms with E-state index in [0.29, 0.717) is 49.0 Å². The first-order chi connectivity index (χ1) is 32.2. The Balaban J connectivity index is 0.853. The summed E-state index contributed by atoms with van der Waals surface area (Å²) in [4.78, 5) is 84.4. The van der Waals surface area contributed by atoms with Crippen LogP contribution in [-0.4, -0.2) is 72.9 Å². The number of alkyl halides is 3. The number of amides is 2. The van der Waals surface area contributed by atoms with Crippen LogP contribution in [0.15, 0.2) is 47.3 Å². The van der Waals surface area contributed by atoms with E-state index >= 15 is 0 Å². The number of hydrogen-bond acceptors (Lipinski definition) is 13. The van der Waals surface area contributed by atoms with Gasteiger partial charge in [-0.3, -0.25) is 19.2 Å². The molecule has 5 aromatic rings. The highest BCUT2D eigenvalue weighted by Gasteiger charge is 2.51. The summed E-state index contributed by atoms with van der Waals surface area (Å²) in [7, 11) is 0. The fourth-order valence-electron chi connectivity index (χ4n) is 10.2. The molecule has 0 unspecified atom stereocenters. The van der Waals surface area contributed by atoms with Crippen LogP contribution in [0.25, 0.3) is 28.0 Å². The number of primary amides is 1. The molecule has 5 N–H and O–H groups in total. The molecule has 0 saturated heterocycles. The molecule has 2 amide bonds. The Morgan fingerprint density at radius 2 is 1.75 bits per heavy atom. The van der Waals surface area contributed by atoms with Gasteiger partial charge in [0.25, 0.3) is 11.5 Å². The van der Waals surface area contributed by atoms with Crippen molar-refractivity contribution < 1.29 is 56.5 Å². The SMILES string of the molecule is CCc1c2c(nc3ccc(O)cc13)-c1cc3c(c(=O)n1C2)COC(=O)[C@@]3(CC)OC(=O)NCC(=O)OC1CCC(Nc2cc(-n3nc(C(F)(F)F)c4c3CC(C)(C)CC4=O)ccc2C(N)=O)CC1.